The van der Waals surface area contributed by atoms with E-state index in [4.69, 9.17) is 0 Å². The molecule has 3 rings (SSSR count). The van der Waals surface area contributed by atoms with Crippen LogP contribution in [0.25, 0.3) is 0 Å². The summed E-state index contributed by atoms with van der Waals surface area (Å²) in [7, 11) is 0. The minimum atomic E-state index is -0.0828. The predicted molar refractivity (Wildman–Crippen MR) is 92.4 cm³/mol. The van der Waals surface area contributed by atoms with Gasteiger partial charge in [-0.1, -0.05) is 6.07 Å². The first-order valence-corrected chi connectivity index (χ1v) is 8.52. The number of aryl methyl sites for hydroxylation is 1. The van der Waals surface area contributed by atoms with Crippen LogP contribution in [0.15, 0.2) is 30.6 Å². The zero-order chi connectivity index (χ0) is 17.8. The SMILES string of the molecule is CC(=O)NCc1cccc([C@@H]2CCCN2C(=O)Cn2ccnc2C)n1. The number of amides is 2. The van der Waals surface area contributed by atoms with E-state index in [1.165, 1.54) is 6.92 Å². The van der Waals surface area contributed by atoms with Gasteiger partial charge in [-0.25, -0.2) is 4.98 Å². The minimum absolute atomic E-state index is 0.00592. The van der Waals surface area contributed by atoms with E-state index in [0.29, 0.717) is 13.1 Å². The molecule has 0 unspecified atom stereocenters. The van der Waals surface area contributed by atoms with Crippen LogP contribution in [0.5, 0.6) is 0 Å². The molecule has 1 aliphatic rings. The number of rotatable bonds is 5. The maximum absolute atomic E-state index is 12.7. The average Bonchev–Trinajstić information content (AvgIpc) is 3.23. The third-order valence-corrected chi connectivity index (χ3v) is 4.49. The fourth-order valence-electron chi connectivity index (χ4n) is 3.18. The Morgan fingerprint density at radius 3 is 2.92 bits per heavy atom. The van der Waals surface area contributed by atoms with Crippen LogP contribution in [0.2, 0.25) is 0 Å². The zero-order valence-electron chi connectivity index (χ0n) is 14.6. The summed E-state index contributed by atoms with van der Waals surface area (Å²) in [6.07, 6.45) is 5.41. The van der Waals surface area contributed by atoms with Gasteiger partial charge in [-0.15, -0.1) is 0 Å². The van der Waals surface area contributed by atoms with E-state index in [1.807, 2.05) is 40.8 Å². The zero-order valence-corrected chi connectivity index (χ0v) is 14.6. The van der Waals surface area contributed by atoms with Crippen LogP contribution in [0.3, 0.4) is 0 Å². The second-order valence-corrected chi connectivity index (χ2v) is 6.31. The summed E-state index contributed by atoms with van der Waals surface area (Å²) < 4.78 is 1.86. The van der Waals surface area contributed by atoms with E-state index in [2.05, 4.69) is 15.3 Å². The summed E-state index contributed by atoms with van der Waals surface area (Å²) in [5.41, 5.74) is 1.69. The van der Waals surface area contributed by atoms with Crippen molar-refractivity contribution in [2.45, 2.75) is 45.8 Å². The number of aromatic nitrogens is 3. The highest BCUT2D eigenvalue weighted by Crippen LogP contribution is 2.31. The van der Waals surface area contributed by atoms with E-state index in [-0.39, 0.29) is 17.9 Å². The Hall–Kier alpha value is -2.70. The second kappa shape index (κ2) is 7.46. The fourth-order valence-corrected chi connectivity index (χ4v) is 3.18. The van der Waals surface area contributed by atoms with Gasteiger partial charge in [-0.2, -0.15) is 0 Å². The van der Waals surface area contributed by atoms with Gasteiger partial charge in [0.25, 0.3) is 0 Å². The first-order valence-electron chi connectivity index (χ1n) is 8.52. The third-order valence-electron chi connectivity index (χ3n) is 4.49. The molecule has 1 saturated heterocycles. The molecule has 3 heterocycles. The van der Waals surface area contributed by atoms with Gasteiger partial charge in [-0.05, 0) is 31.9 Å². The summed E-state index contributed by atoms with van der Waals surface area (Å²) in [4.78, 5) is 34.5. The van der Waals surface area contributed by atoms with Crippen LogP contribution < -0.4 is 5.32 Å². The molecule has 7 nitrogen and oxygen atoms in total. The molecule has 25 heavy (non-hydrogen) atoms. The molecule has 2 amide bonds. The van der Waals surface area contributed by atoms with E-state index in [0.717, 1.165) is 36.6 Å². The van der Waals surface area contributed by atoms with Crippen LogP contribution in [0.4, 0.5) is 0 Å². The molecule has 2 aromatic rings. The van der Waals surface area contributed by atoms with Crippen molar-refractivity contribution in [1.82, 2.24) is 24.8 Å². The van der Waals surface area contributed by atoms with Crippen molar-refractivity contribution in [2.75, 3.05) is 6.54 Å². The van der Waals surface area contributed by atoms with Crippen LogP contribution in [-0.2, 0) is 22.7 Å². The predicted octanol–water partition coefficient (Wildman–Crippen LogP) is 1.59. The van der Waals surface area contributed by atoms with Gasteiger partial charge in [-0.3, -0.25) is 14.6 Å². The molecule has 0 aromatic carbocycles. The number of imidazole rings is 1. The lowest BCUT2D eigenvalue weighted by molar-refractivity contribution is -0.132. The normalized spacial score (nSPS) is 16.9. The van der Waals surface area contributed by atoms with Gasteiger partial charge in [0.15, 0.2) is 0 Å². The average molecular weight is 341 g/mol. The van der Waals surface area contributed by atoms with Gasteiger partial charge in [0.2, 0.25) is 11.8 Å². The lowest BCUT2D eigenvalue weighted by Crippen LogP contribution is -2.34. The van der Waals surface area contributed by atoms with E-state index < -0.39 is 0 Å². The second-order valence-electron chi connectivity index (χ2n) is 6.31. The number of carbonyl (C=O) groups excluding carboxylic acids is 2. The third kappa shape index (κ3) is 4.04. The molecule has 0 aliphatic carbocycles. The highest BCUT2D eigenvalue weighted by atomic mass is 16.2. The number of nitrogens with one attached hydrogen (secondary N) is 1. The number of hydrogen-bond acceptors (Lipinski definition) is 4. The Bertz CT molecular complexity index is 770. The monoisotopic (exact) mass is 341 g/mol. The lowest BCUT2D eigenvalue weighted by Gasteiger charge is -2.25. The van der Waals surface area contributed by atoms with E-state index in [9.17, 15) is 9.59 Å². The Kier molecular flexibility index (Phi) is 5.11. The summed E-state index contributed by atoms with van der Waals surface area (Å²) >= 11 is 0. The van der Waals surface area contributed by atoms with Gasteiger partial charge in [0.1, 0.15) is 12.4 Å². The maximum Gasteiger partial charge on any atom is 0.243 e. The van der Waals surface area contributed by atoms with Gasteiger partial charge >= 0.3 is 0 Å². The molecule has 0 bridgehead atoms. The molecule has 1 fully saturated rings. The van der Waals surface area contributed by atoms with Gasteiger partial charge in [0, 0.05) is 25.9 Å². The van der Waals surface area contributed by atoms with Crippen molar-refractivity contribution in [1.29, 1.82) is 0 Å². The molecule has 7 heteroatoms. The Balaban J connectivity index is 1.72. The molecular formula is C18H23N5O2. The van der Waals surface area contributed by atoms with Crippen LogP contribution in [-0.4, -0.2) is 37.8 Å². The number of pyridine rings is 1. The molecule has 2 aromatic heterocycles. The first-order chi connectivity index (χ1) is 12.0. The fraction of sp³-hybridized carbons (Fsp3) is 0.444. The molecule has 1 aliphatic heterocycles. The van der Waals surface area contributed by atoms with Crippen molar-refractivity contribution in [3.8, 4) is 0 Å². The number of carbonyl (C=O) groups is 2. The summed E-state index contributed by atoms with van der Waals surface area (Å²) in [6.45, 7) is 4.82. The highest BCUT2D eigenvalue weighted by Gasteiger charge is 2.31. The number of hydrogen-bond donors (Lipinski definition) is 1. The van der Waals surface area contributed by atoms with Crippen molar-refractivity contribution < 1.29 is 9.59 Å². The van der Waals surface area contributed by atoms with Crippen molar-refractivity contribution in [2.24, 2.45) is 0 Å². The Morgan fingerprint density at radius 2 is 2.20 bits per heavy atom. The van der Waals surface area contributed by atoms with Crippen LogP contribution in [0.1, 0.15) is 43.0 Å². The lowest BCUT2D eigenvalue weighted by atomic mass is 10.1. The summed E-state index contributed by atoms with van der Waals surface area (Å²) in [6, 6.07) is 5.76. The number of nitrogens with zero attached hydrogens (tertiary/aromatic N) is 4. The minimum Gasteiger partial charge on any atom is -0.351 e. The van der Waals surface area contributed by atoms with Gasteiger partial charge in [0.05, 0.1) is 24.0 Å². The van der Waals surface area contributed by atoms with Crippen molar-refractivity contribution in [3.05, 3.63) is 47.8 Å². The molecule has 0 saturated carbocycles. The van der Waals surface area contributed by atoms with Crippen molar-refractivity contribution >= 4 is 11.8 Å². The Morgan fingerprint density at radius 1 is 1.36 bits per heavy atom. The quantitative estimate of drug-likeness (QED) is 0.895. The highest BCUT2D eigenvalue weighted by molar-refractivity contribution is 5.77. The molecular weight excluding hydrogens is 318 g/mol. The topological polar surface area (TPSA) is 80.1 Å². The first kappa shape index (κ1) is 17.1. The smallest absolute Gasteiger partial charge is 0.243 e. The number of likely N-dealkylation sites (tertiary alicyclic amines) is 1. The molecule has 1 atom stereocenters. The van der Waals surface area contributed by atoms with E-state index >= 15 is 0 Å². The molecule has 0 radical (unpaired) electrons. The molecule has 0 spiro atoms. The van der Waals surface area contributed by atoms with Crippen LogP contribution >= 0.6 is 0 Å². The maximum atomic E-state index is 12.7. The summed E-state index contributed by atoms with van der Waals surface area (Å²) in [5, 5.41) is 2.76. The van der Waals surface area contributed by atoms with Crippen molar-refractivity contribution in [3.63, 3.8) is 0 Å². The standard InChI is InChI=1S/C18H23N5O2/c1-13-19-8-10-22(13)12-18(25)23-9-4-7-17(23)16-6-3-5-15(21-16)11-20-14(2)24/h3,5-6,8,10,17H,4,7,9,11-12H2,1-2H3,(H,20,24)/t17-/m0/s1. The van der Waals surface area contributed by atoms with Gasteiger partial charge < -0.3 is 14.8 Å². The molecule has 132 valence electrons. The van der Waals surface area contributed by atoms with Crippen LogP contribution in [0, 0.1) is 6.92 Å². The van der Waals surface area contributed by atoms with E-state index in [1.54, 1.807) is 6.20 Å². The largest absolute Gasteiger partial charge is 0.351 e. The molecule has 1 N–H and O–H groups in total. The summed E-state index contributed by atoms with van der Waals surface area (Å²) in [5.74, 6) is 0.831. The Labute approximate surface area is 147 Å².